The van der Waals surface area contributed by atoms with Crippen LogP contribution < -0.4 is 5.73 Å². The predicted octanol–water partition coefficient (Wildman–Crippen LogP) is 1.81. The molecule has 84 valence electrons. The molecule has 0 radical (unpaired) electrons. The number of halogens is 2. The lowest BCUT2D eigenvalue weighted by atomic mass is 9.92. The average molecular weight is 234 g/mol. The lowest BCUT2D eigenvalue weighted by molar-refractivity contribution is -0.143. The van der Waals surface area contributed by atoms with Crippen molar-refractivity contribution in [3.05, 3.63) is 35.1 Å². The number of aryl methyl sites for hydroxylation is 1. The van der Waals surface area contributed by atoms with Gasteiger partial charge in [0.05, 0.1) is 0 Å². The summed E-state index contributed by atoms with van der Waals surface area (Å²) in [5.41, 5.74) is 4.89. The van der Waals surface area contributed by atoms with Crippen LogP contribution >= 0.6 is 12.4 Å². The van der Waals surface area contributed by atoms with Gasteiger partial charge in [0.1, 0.15) is 11.4 Å². The Morgan fingerprint density at radius 2 is 2.07 bits per heavy atom. The maximum atomic E-state index is 12.9. The quantitative estimate of drug-likeness (QED) is 0.819. The first-order valence-corrected chi connectivity index (χ1v) is 4.14. The Labute approximate surface area is 93.5 Å². The van der Waals surface area contributed by atoms with Gasteiger partial charge >= 0.3 is 5.97 Å². The second-order valence-electron chi connectivity index (χ2n) is 3.47. The highest BCUT2D eigenvalue weighted by molar-refractivity contribution is 5.85. The van der Waals surface area contributed by atoms with E-state index >= 15 is 0 Å². The first kappa shape index (κ1) is 13.9. The van der Waals surface area contributed by atoms with Crippen LogP contribution in [0.15, 0.2) is 18.2 Å². The molecule has 3 nitrogen and oxygen atoms in total. The fourth-order valence-corrected chi connectivity index (χ4v) is 1.09. The maximum Gasteiger partial charge on any atom is 0.328 e. The molecule has 0 heterocycles. The Bertz CT molecular complexity index is 380. The molecule has 0 aliphatic rings. The number of hydrogen-bond acceptors (Lipinski definition) is 2. The standard InChI is InChI=1S/C10H12FNO2.ClH/c1-6-5-7(3-4-8(6)11)10(2,12)9(13)14;/h3-5H,12H2,1-2H3,(H,13,14);1H. The monoisotopic (exact) mass is 233 g/mol. The molecule has 0 spiro atoms. The lowest BCUT2D eigenvalue weighted by Crippen LogP contribution is -2.41. The fraction of sp³-hybridized carbons (Fsp3) is 0.300. The summed E-state index contributed by atoms with van der Waals surface area (Å²) in [6, 6.07) is 4.05. The zero-order valence-corrected chi connectivity index (χ0v) is 9.27. The van der Waals surface area contributed by atoms with Crippen molar-refractivity contribution < 1.29 is 14.3 Å². The summed E-state index contributed by atoms with van der Waals surface area (Å²) in [5, 5.41) is 8.84. The van der Waals surface area contributed by atoms with Crippen molar-refractivity contribution in [2.24, 2.45) is 5.73 Å². The molecular formula is C10H13ClFNO2. The Morgan fingerprint density at radius 1 is 1.53 bits per heavy atom. The second-order valence-corrected chi connectivity index (χ2v) is 3.47. The number of carboxylic acid groups (broad SMARTS) is 1. The number of aliphatic carboxylic acids is 1. The van der Waals surface area contributed by atoms with Crippen LogP contribution in [0.3, 0.4) is 0 Å². The zero-order valence-electron chi connectivity index (χ0n) is 8.45. The summed E-state index contributed by atoms with van der Waals surface area (Å²) in [5.74, 6) is -1.50. The van der Waals surface area contributed by atoms with Crippen molar-refractivity contribution in [3.8, 4) is 0 Å². The summed E-state index contributed by atoms with van der Waals surface area (Å²) in [7, 11) is 0. The molecule has 1 unspecified atom stereocenters. The van der Waals surface area contributed by atoms with Gasteiger partial charge in [-0.3, -0.25) is 0 Å². The molecule has 0 amide bonds. The van der Waals surface area contributed by atoms with Crippen molar-refractivity contribution >= 4 is 18.4 Å². The molecule has 1 atom stereocenters. The molecule has 0 fully saturated rings. The van der Waals surface area contributed by atoms with Gasteiger partial charge in [-0.2, -0.15) is 0 Å². The molecular weight excluding hydrogens is 221 g/mol. The smallest absolute Gasteiger partial charge is 0.328 e. The summed E-state index contributed by atoms with van der Waals surface area (Å²) in [4.78, 5) is 10.8. The molecule has 1 aromatic carbocycles. The molecule has 0 saturated carbocycles. The molecule has 0 saturated heterocycles. The lowest BCUT2D eigenvalue weighted by Gasteiger charge is -2.20. The van der Waals surface area contributed by atoms with E-state index in [0.717, 1.165) is 0 Å². The van der Waals surface area contributed by atoms with E-state index < -0.39 is 11.5 Å². The Kier molecular flexibility index (Phi) is 4.25. The van der Waals surface area contributed by atoms with E-state index in [4.69, 9.17) is 10.8 Å². The van der Waals surface area contributed by atoms with Gasteiger partial charge < -0.3 is 10.8 Å². The molecule has 0 aliphatic carbocycles. The third-order valence-corrected chi connectivity index (χ3v) is 2.20. The van der Waals surface area contributed by atoms with Gasteiger partial charge in [-0.15, -0.1) is 12.4 Å². The maximum absolute atomic E-state index is 12.9. The van der Waals surface area contributed by atoms with Crippen molar-refractivity contribution in [1.82, 2.24) is 0 Å². The van der Waals surface area contributed by atoms with Crippen LogP contribution in [0, 0.1) is 12.7 Å². The van der Waals surface area contributed by atoms with Crippen molar-refractivity contribution in [2.45, 2.75) is 19.4 Å². The van der Waals surface area contributed by atoms with E-state index in [2.05, 4.69) is 0 Å². The van der Waals surface area contributed by atoms with Crippen molar-refractivity contribution in [3.63, 3.8) is 0 Å². The van der Waals surface area contributed by atoms with Gasteiger partial charge in [0.15, 0.2) is 0 Å². The Balaban J connectivity index is 0.00000196. The number of benzene rings is 1. The molecule has 0 aliphatic heterocycles. The fourth-order valence-electron chi connectivity index (χ4n) is 1.09. The molecule has 1 aromatic rings. The van der Waals surface area contributed by atoms with E-state index in [1.54, 1.807) is 6.92 Å². The predicted molar refractivity (Wildman–Crippen MR) is 57.6 cm³/mol. The van der Waals surface area contributed by atoms with Crippen LogP contribution in [-0.2, 0) is 10.3 Å². The minimum Gasteiger partial charge on any atom is -0.480 e. The third kappa shape index (κ3) is 2.67. The molecule has 1 rings (SSSR count). The minimum atomic E-state index is -1.47. The van der Waals surface area contributed by atoms with E-state index in [9.17, 15) is 9.18 Å². The third-order valence-electron chi connectivity index (χ3n) is 2.20. The van der Waals surface area contributed by atoms with E-state index in [0.29, 0.717) is 11.1 Å². The normalized spacial score (nSPS) is 13.9. The molecule has 15 heavy (non-hydrogen) atoms. The number of rotatable bonds is 2. The topological polar surface area (TPSA) is 63.3 Å². The van der Waals surface area contributed by atoms with Crippen molar-refractivity contribution in [1.29, 1.82) is 0 Å². The van der Waals surface area contributed by atoms with Crippen LogP contribution in [0.5, 0.6) is 0 Å². The zero-order chi connectivity index (χ0) is 10.9. The van der Waals surface area contributed by atoms with Gasteiger partial charge in [0.2, 0.25) is 0 Å². The van der Waals surface area contributed by atoms with Gasteiger partial charge in [-0.25, -0.2) is 9.18 Å². The van der Waals surface area contributed by atoms with Crippen LogP contribution in [-0.4, -0.2) is 11.1 Å². The van der Waals surface area contributed by atoms with E-state index in [-0.39, 0.29) is 18.2 Å². The van der Waals surface area contributed by atoms with Crippen molar-refractivity contribution in [2.75, 3.05) is 0 Å². The van der Waals surface area contributed by atoms with E-state index in [1.165, 1.54) is 25.1 Å². The highest BCUT2D eigenvalue weighted by Gasteiger charge is 2.30. The molecule has 0 aromatic heterocycles. The van der Waals surface area contributed by atoms with Crippen LogP contribution in [0.1, 0.15) is 18.1 Å². The SMILES string of the molecule is Cc1cc(C(C)(N)C(=O)O)ccc1F.Cl. The molecule has 5 heteroatoms. The molecule has 0 bridgehead atoms. The van der Waals surface area contributed by atoms with Gasteiger partial charge in [-0.05, 0) is 31.0 Å². The van der Waals surface area contributed by atoms with Gasteiger partial charge in [0, 0.05) is 0 Å². The van der Waals surface area contributed by atoms with Crippen LogP contribution in [0.25, 0.3) is 0 Å². The average Bonchev–Trinajstić information content (AvgIpc) is 2.09. The number of carboxylic acids is 1. The first-order valence-electron chi connectivity index (χ1n) is 4.14. The van der Waals surface area contributed by atoms with Crippen LogP contribution in [0.2, 0.25) is 0 Å². The second kappa shape index (κ2) is 4.59. The van der Waals surface area contributed by atoms with E-state index in [1.807, 2.05) is 0 Å². The number of nitrogens with two attached hydrogens (primary N) is 1. The number of hydrogen-bond donors (Lipinski definition) is 2. The Hall–Kier alpha value is -1.13. The summed E-state index contributed by atoms with van der Waals surface area (Å²) in [6.07, 6.45) is 0. The first-order chi connectivity index (χ1) is 6.35. The summed E-state index contributed by atoms with van der Waals surface area (Å²) in [6.45, 7) is 2.94. The van der Waals surface area contributed by atoms with Crippen LogP contribution in [0.4, 0.5) is 4.39 Å². The molecule has 3 N–H and O–H groups in total. The number of carbonyl (C=O) groups is 1. The summed E-state index contributed by atoms with van der Waals surface area (Å²) >= 11 is 0. The highest BCUT2D eigenvalue weighted by atomic mass is 35.5. The Morgan fingerprint density at radius 3 is 2.47 bits per heavy atom. The largest absolute Gasteiger partial charge is 0.480 e. The highest BCUT2D eigenvalue weighted by Crippen LogP contribution is 2.20. The minimum absolute atomic E-state index is 0. The van der Waals surface area contributed by atoms with Gasteiger partial charge in [0.25, 0.3) is 0 Å². The van der Waals surface area contributed by atoms with Gasteiger partial charge in [-0.1, -0.05) is 12.1 Å². The summed E-state index contributed by atoms with van der Waals surface area (Å²) < 4.78 is 12.9.